The molecule has 1 saturated heterocycles. The van der Waals surface area contributed by atoms with E-state index >= 15 is 0 Å². The van der Waals surface area contributed by atoms with Crippen LogP contribution in [0.5, 0.6) is 0 Å². The van der Waals surface area contributed by atoms with Gasteiger partial charge in [-0.05, 0) is 46.0 Å². The molecule has 1 heterocycles. The fourth-order valence-corrected chi connectivity index (χ4v) is 4.46. The minimum absolute atomic E-state index is 0.203. The fourth-order valence-electron chi connectivity index (χ4n) is 4.46. The summed E-state index contributed by atoms with van der Waals surface area (Å²) in [4.78, 5) is 18.4. The topological polar surface area (TPSA) is 66.0 Å². The maximum Gasteiger partial charge on any atom is 0.222 e. The second-order valence-corrected chi connectivity index (χ2v) is 7.42. The second kappa shape index (κ2) is 10.1. The largest absolute Gasteiger partial charge is 0.378 e. The molecule has 2 aliphatic rings. The van der Waals surface area contributed by atoms with Gasteiger partial charge in [0.15, 0.2) is 5.96 Å². The molecule has 2 unspecified atom stereocenters. The van der Waals surface area contributed by atoms with Crippen molar-refractivity contribution in [1.29, 1.82) is 0 Å². The Morgan fingerprint density at radius 3 is 2.65 bits per heavy atom. The Bertz CT molecular complexity index is 476. The summed E-state index contributed by atoms with van der Waals surface area (Å²) in [6.45, 7) is 12.8. The van der Waals surface area contributed by atoms with Gasteiger partial charge < -0.3 is 20.3 Å². The van der Waals surface area contributed by atoms with E-state index in [1.165, 1.54) is 0 Å². The average Bonchev–Trinajstić information content (AvgIpc) is 3.04. The van der Waals surface area contributed by atoms with Crippen molar-refractivity contribution in [2.45, 2.75) is 78.4 Å². The zero-order valence-corrected chi connectivity index (χ0v) is 17.1. The molecule has 2 N–H and O–H groups in total. The molecule has 1 saturated carbocycles. The minimum atomic E-state index is 0.203. The highest BCUT2D eigenvalue weighted by molar-refractivity contribution is 5.80. The Kier molecular flexibility index (Phi) is 8.19. The van der Waals surface area contributed by atoms with Crippen LogP contribution < -0.4 is 10.6 Å². The van der Waals surface area contributed by atoms with Gasteiger partial charge in [0.2, 0.25) is 5.91 Å². The van der Waals surface area contributed by atoms with Crippen LogP contribution in [0.2, 0.25) is 0 Å². The molecule has 150 valence electrons. The van der Waals surface area contributed by atoms with E-state index in [9.17, 15) is 4.79 Å². The van der Waals surface area contributed by atoms with Crippen molar-refractivity contribution in [1.82, 2.24) is 15.5 Å². The van der Waals surface area contributed by atoms with Crippen LogP contribution in [0.1, 0.15) is 66.2 Å². The van der Waals surface area contributed by atoms with Crippen molar-refractivity contribution >= 4 is 11.9 Å². The number of nitrogens with zero attached hydrogens (tertiary/aromatic N) is 2. The lowest BCUT2D eigenvalue weighted by Gasteiger charge is -2.55. The number of ether oxygens (including phenoxy) is 1. The van der Waals surface area contributed by atoms with E-state index in [1.807, 2.05) is 4.90 Å². The number of rotatable bonds is 10. The number of aliphatic imine (C=N–C) groups is 1. The number of carbonyl (C=O) groups excluding carboxylic acids is 1. The molecule has 0 aromatic heterocycles. The molecule has 0 aromatic rings. The van der Waals surface area contributed by atoms with Crippen molar-refractivity contribution in [2.24, 2.45) is 10.4 Å². The molecular formula is C20H38N4O2. The summed E-state index contributed by atoms with van der Waals surface area (Å²) in [6, 6.07) is 0.409. The van der Waals surface area contributed by atoms with Gasteiger partial charge in [-0.3, -0.25) is 9.79 Å². The van der Waals surface area contributed by atoms with Crippen LogP contribution in [0, 0.1) is 5.41 Å². The Balaban J connectivity index is 1.87. The molecule has 6 heteroatoms. The summed E-state index contributed by atoms with van der Waals surface area (Å²) in [6.07, 6.45) is 6.26. The predicted octanol–water partition coefficient (Wildman–Crippen LogP) is 2.54. The minimum Gasteiger partial charge on any atom is -0.378 e. The van der Waals surface area contributed by atoms with E-state index < -0.39 is 0 Å². The number of likely N-dealkylation sites (tertiary alicyclic amines) is 1. The molecule has 0 bridgehead atoms. The first-order chi connectivity index (χ1) is 12.6. The monoisotopic (exact) mass is 366 g/mol. The van der Waals surface area contributed by atoms with E-state index in [0.717, 1.165) is 70.8 Å². The van der Waals surface area contributed by atoms with Gasteiger partial charge in [-0.25, -0.2) is 0 Å². The molecule has 1 aliphatic carbocycles. The summed E-state index contributed by atoms with van der Waals surface area (Å²) in [5.41, 5.74) is 0.203. The van der Waals surface area contributed by atoms with Crippen molar-refractivity contribution in [3.05, 3.63) is 0 Å². The van der Waals surface area contributed by atoms with Gasteiger partial charge in [-0.2, -0.15) is 0 Å². The molecule has 1 aliphatic heterocycles. The quantitative estimate of drug-likeness (QED) is 0.354. The lowest BCUT2D eigenvalue weighted by atomic mass is 9.58. The number of carbonyl (C=O) groups is 1. The molecule has 1 amide bonds. The second-order valence-electron chi connectivity index (χ2n) is 7.42. The lowest BCUT2D eigenvalue weighted by molar-refractivity contribution is -0.133. The summed E-state index contributed by atoms with van der Waals surface area (Å²) < 4.78 is 5.98. The number of hydrogen-bond donors (Lipinski definition) is 2. The summed E-state index contributed by atoms with van der Waals surface area (Å²) >= 11 is 0. The Labute approximate surface area is 159 Å². The molecule has 0 radical (unpaired) electrons. The Morgan fingerprint density at radius 1 is 1.31 bits per heavy atom. The average molecular weight is 367 g/mol. The molecule has 0 spiro atoms. The standard InChI is InChI=1S/C20H38N4O2/c1-5-20(6-2)16(15-17(20)26-8-4)23-19(21-7-3)22-12-10-14-24-13-9-11-18(24)25/h16-17H,5-15H2,1-4H3,(H2,21,22,23). The summed E-state index contributed by atoms with van der Waals surface area (Å²) in [5.74, 6) is 1.19. The van der Waals surface area contributed by atoms with Gasteiger partial charge in [0.25, 0.3) is 0 Å². The van der Waals surface area contributed by atoms with Crippen LogP contribution >= 0.6 is 0 Å². The van der Waals surface area contributed by atoms with Crippen molar-refractivity contribution < 1.29 is 9.53 Å². The SMILES string of the molecule is CCNC(=NCCCN1CCCC1=O)NC1CC(OCC)C1(CC)CC. The fraction of sp³-hybridized carbons (Fsp3) is 0.900. The van der Waals surface area contributed by atoms with Gasteiger partial charge in [-0.1, -0.05) is 13.8 Å². The number of nitrogens with one attached hydrogen (secondary N) is 2. The number of amides is 1. The third-order valence-electron chi connectivity index (χ3n) is 6.15. The van der Waals surface area contributed by atoms with Gasteiger partial charge in [0, 0.05) is 50.7 Å². The number of hydrogen-bond acceptors (Lipinski definition) is 3. The highest BCUT2D eigenvalue weighted by atomic mass is 16.5. The molecule has 2 atom stereocenters. The maximum atomic E-state index is 11.7. The van der Waals surface area contributed by atoms with Crippen molar-refractivity contribution in [3.8, 4) is 0 Å². The predicted molar refractivity (Wildman–Crippen MR) is 106 cm³/mol. The zero-order valence-electron chi connectivity index (χ0n) is 17.1. The van der Waals surface area contributed by atoms with E-state index in [4.69, 9.17) is 9.73 Å². The number of guanidine groups is 1. The molecule has 2 rings (SSSR count). The smallest absolute Gasteiger partial charge is 0.222 e. The molecule has 26 heavy (non-hydrogen) atoms. The van der Waals surface area contributed by atoms with E-state index in [1.54, 1.807) is 0 Å². The first kappa shape index (κ1) is 21.0. The van der Waals surface area contributed by atoms with Crippen molar-refractivity contribution in [2.75, 3.05) is 32.8 Å². The highest BCUT2D eigenvalue weighted by Crippen LogP contribution is 2.48. The van der Waals surface area contributed by atoms with E-state index in [0.29, 0.717) is 24.5 Å². The van der Waals surface area contributed by atoms with Crippen LogP contribution in [0.3, 0.4) is 0 Å². The van der Waals surface area contributed by atoms with Crippen LogP contribution in [-0.4, -0.2) is 61.7 Å². The van der Waals surface area contributed by atoms with E-state index in [2.05, 4.69) is 38.3 Å². The Morgan fingerprint density at radius 2 is 2.08 bits per heavy atom. The first-order valence-corrected chi connectivity index (χ1v) is 10.5. The normalized spacial score (nSPS) is 25.3. The van der Waals surface area contributed by atoms with Crippen LogP contribution in [0.15, 0.2) is 4.99 Å². The van der Waals surface area contributed by atoms with Crippen molar-refractivity contribution in [3.63, 3.8) is 0 Å². The van der Waals surface area contributed by atoms with Gasteiger partial charge in [-0.15, -0.1) is 0 Å². The van der Waals surface area contributed by atoms with Gasteiger partial charge in [0.1, 0.15) is 0 Å². The molecule has 6 nitrogen and oxygen atoms in total. The third-order valence-corrected chi connectivity index (χ3v) is 6.15. The molecular weight excluding hydrogens is 328 g/mol. The van der Waals surface area contributed by atoms with E-state index in [-0.39, 0.29) is 5.41 Å². The lowest BCUT2D eigenvalue weighted by Crippen LogP contribution is -2.65. The maximum absolute atomic E-state index is 11.7. The molecule has 2 fully saturated rings. The Hall–Kier alpha value is -1.30. The summed E-state index contributed by atoms with van der Waals surface area (Å²) in [7, 11) is 0. The van der Waals surface area contributed by atoms with Crippen LogP contribution in [0.25, 0.3) is 0 Å². The molecule has 0 aromatic carbocycles. The highest BCUT2D eigenvalue weighted by Gasteiger charge is 2.53. The van der Waals surface area contributed by atoms with Gasteiger partial charge >= 0.3 is 0 Å². The van der Waals surface area contributed by atoms with Crippen LogP contribution in [-0.2, 0) is 9.53 Å². The third kappa shape index (κ3) is 4.70. The van der Waals surface area contributed by atoms with Gasteiger partial charge in [0.05, 0.1) is 6.10 Å². The summed E-state index contributed by atoms with van der Waals surface area (Å²) in [5, 5.41) is 7.02. The van der Waals surface area contributed by atoms with Crippen LogP contribution in [0.4, 0.5) is 0 Å². The zero-order chi connectivity index (χ0) is 19.0. The first-order valence-electron chi connectivity index (χ1n) is 10.5.